The maximum Gasteiger partial charge on any atom is 0.243 e. The van der Waals surface area contributed by atoms with Gasteiger partial charge in [0.15, 0.2) is 0 Å². The van der Waals surface area contributed by atoms with Crippen molar-refractivity contribution in [2.24, 2.45) is 0 Å². The summed E-state index contributed by atoms with van der Waals surface area (Å²) in [6.45, 7) is 5.21. The van der Waals surface area contributed by atoms with E-state index in [1.807, 2.05) is 6.92 Å². The van der Waals surface area contributed by atoms with Gasteiger partial charge in [-0.25, -0.2) is 12.8 Å². The number of hydrogen-bond acceptors (Lipinski definition) is 3. The van der Waals surface area contributed by atoms with Crippen LogP contribution in [0.1, 0.15) is 31.0 Å². The van der Waals surface area contributed by atoms with Crippen LogP contribution >= 0.6 is 0 Å². The van der Waals surface area contributed by atoms with E-state index in [9.17, 15) is 17.6 Å². The summed E-state index contributed by atoms with van der Waals surface area (Å²) in [6.07, 6.45) is 0. The number of hydrogen-bond donors (Lipinski definition) is 1. The molecule has 0 heterocycles. The van der Waals surface area contributed by atoms with Gasteiger partial charge < -0.3 is 5.32 Å². The lowest BCUT2D eigenvalue weighted by Crippen LogP contribution is -2.41. The molecule has 0 spiro atoms. The predicted molar refractivity (Wildman–Crippen MR) is 98.6 cm³/mol. The molecule has 0 saturated heterocycles. The molecule has 26 heavy (non-hydrogen) atoms. The highest BCUT2D eigenvalue weighted by Gasteiger charge is 2.25. The van der Waals surface area contributed by atoms with Crippen molar-refractivity contribution in [1.29, 1.82) is 0 Å². The molecule has 2 rings (SSSR count). The van der Waals surface area contributed by atoms with Crippen molar-refractivity contribution < 1.29 is 17.6 Å². The summed E-state index contributed by atoms with van der Waals surface area (Å²) in [5.41, 5.74) is 1.70. The fraction of sp³-hybridized carbons (Fsp3) is 0.316. The normalized spacial score (nSPS) is 12.8. The quantitative estimate of drug-likeness (QED) is 0.805. The predicted octanol–water partition coefficient (Wildman–Crippen LogP) is 3.02. The molecule has 0 saturated carbocycles. The summed E-state index contributed by atoms with van der Waals surface area (Å²) in [7, 11) is -3.75. The van der Waals surface area contributed by atoms with Crippen molar-refractivity contribution in [3.8, 4) is 0 Å². The molecule has 0 aliphatic rings. The molecule has 1 atom stereocenters. The number of carbonyl (C=O) groups excluding carboxylic acids is 1. The van der Waals surface area contributed by atoms with Gasteiger partial charge >= 0.3 is 0 Å². The molecule has 140 valence electrons. The highest BCUT2D eigenvalue weighted by atomic mass is 32.2. The van der Waals surface area contributed by atoms with Gasteiger partial charge in [-0.2, -0.15) is 4.31 Å². The highest BCUT2D eigenvalue weighted by Crippen LogP contribution is 2.17. The lowest BCUT2D eigenvalue weighted by Gasteiger charge is -2.22. The van der Waals surface area contributed by atoms with Crippen LogP contribution in [-0.4, -0.2) is 31.7 Å². The molecule has 5 nitrogen and oxygen atoms in total. The SMILES string of the molecule is CCN(CC(=O)N[C@H](C)c1ccc(F)cc1)S(=O)(=O)c1ccc(C)cc1. The molecular formula is C19H23FN2O3S. The fourth-order valence-corrected chi connectivity index (χ4v) is 3.91. The number of likely N-dealkylation sites (N-methyl/N-ethyl adjacent to an activating group) is 1. The van der Waals surface area contributed by atoms with Crippen LogP contribution in [0.5, 0.6) is 0 Å². The summed E-state index contributed by atoms with van der Waals surface area (Å²) < 4.78 is 39.5. The number of nitrogens with one attached hydrogen (secondary N) is 1. The molecular weight excluding hydrogens is 355 g/mol. The van der Waals surface area contributed by atoms with Crippen LogP contribution in [0.4, 0.5) is 4.39 Å². The van der Waals surface area contributed by atoms with E-state index in [1.165, 1.54) is 24.3 Å². The Balaban J connectivity index is 2.07. The zero-order valence-electron chi connectivity index (χ0n) is 15.1. The third-order valence-electron chi connectivity index (χ3n) is 4.08. The first kappa shape index (κ1) is 20.1. The number of nitrogens with zero attached hydrogens (tertiary/aromatic N) is 1. The van der Waals surface area contributed by atoms with Gasteiger partial charge in [-0.05, 0) is 43.7 Å². The second-order valence-corrected chi connectivity index (χ2v) is 8.02. The lowest BCUT2D eigenvalue weighted by molar-refractivity contribution is -0.121. The average molecular weight is 378 g/mol. The number of sulfonamides is 1. The molecule has 0 aliphatic carbocycles. The second kappa shape index (κ2) is 8.42. The van der Waals surface area contributed by atoms with E-state index < -0.39 is 15.9 Å². The van der Waals surface area contributed by atoms with Crippen molar-refractivity contribution >= 4 is 15.9 Å². The van der Waals surface area contributed by atoms with Crippen LogP contribution in [0.15, 0.2) is 53.4 Å². The van der Waals surface area contributed by atoms with E-state index in [4.69, 9.17) is 0 Å². The second-order valence-electron chi connectivity index (χ2n) is 6.09. The number of carbonyl (C=O) groups is 1. The van der Waals surface area contributed by atoms with Gasteiger partial charge in [0.25, 0.3) is 0 Å². The molecule has 2 aromatic carbocycles. The van der Waals surface area contributed by atoms with Crippen LogP contribution in [-0.2, 0) is 14.8 Å². The largest absolute Gasteiger partial charge is 0.348 e. The van der Waals surface area contributed by atoms with Gasteiger partial charge in [0.1, 0.15) is 5.82 Å². The van der Waals surface area contributed by atoms with Gasteiger partial charge in [0.05, 0.1) is 17.5 Å². The maximum atomic E-state index is 13.0. The van der Waals surface area contributed by atoms with Crippen LogP contribution in [0.2, 0.25) is 0 Å². The van der Waals surface area contributed by atoms with E-state index in [0.29, 0.717) is 0 Å². The van der Waals surface area contributed by atoms with Gasteiger partial charge in [-0.1, -0.05) is 36.8 Å². The van der Waals surface area contributed by atoms with E-state index in [1.54, 1.807) is 38.1 Å². The number of amides is 1. The number of halogens is 1. The first-order valence-electron chi connectivity index (χ1n) is 8.35. The maximum absolute atomic E-state index is 13.0. The van der Waals surface area contributed by atoms with Gasteiger partial charge in [-0.15, -0.1) is 0 Å². The van der Waals surface area contributed by atoms with E-state index in [-0.39, 0.29) is 29.8 Å². The topological polar surface area (TPSA) is 66.5 Å². The highest BCUT2D eigenvalue weighted by molar-refractivity contribution is 7.89. The van der Waals surface area contributed by atoms with Gasteiger partial charge in [0, 0.05) is 6.54 Å². The van der Waals surface area contributed by atoms with E-state index in [0.717, 1.165) is 15.4 Å². The molecule has 7 heteroatoms. The smallest absolute Gasteiger partial charge is 0.243 e. The molecule has 2 aromatic rings. The van der Waals surface area contributed by atoms with Crippen molar-refractivity contribution in [2.75, 3.05) is 13.1 Å². The molecule has 0 fully saturated rings. The van der Waals surface area contributed by atoms with E-state index >= 15 is 0 Å². The van der Waals surface area contributed by atoms with Gasteiger partial charge in [-0.3, -0.25) is 4.79 Å². The molecule has 1 N–H and O–H groups in total. The van der Waals surface area contributed by atoms with Crippen LogP contribution in [0.25, 0.3) is 0 Å². The third kappa shape index (κ3) is 4.89. The Hall–Kier alpha value is -2.25. The summed E-state index contributed by atoms with van der Waals surface area (Å²) in [6, 6.07) is 12.0. The Kier molecular flexibility index (Phi) is 6.50. The Bertz CT molecular complexity index is 849. The average Bonchev–Trinajstić information content (AvgIpc) is 2.60. The third-order valence-corrected chi connectivity index (χ3v) is 6.01. The minimum atomic E-state index is -3.75. The Morgan fingerprint density at radius 1 is 1.12 bits per heavy atom. The molecule has 0 bridgehead atoms. The van der Waals surface area contributed by atoms with Crippen molar-refractivity contribution in [2.45, 2.75) is 31.7 Å². The molecule has 0 aliphatic heterocycles. The molecule has 0 aromatic heterocycles. The van der Waals surface area contributed by atoms with Crippen LogP contribution < -0.4 is 5.32 Å². The summed E-state index contributed by atoms with van der Waals surface area (Å²) in [5, 5.41) is 2.75. The van der Waals surface area contributed by atoms with Crippen LogP contribution in [0, 0.1) is 12.7 Å². The lowest BCUT2D eigenvalue weighted by atomic mass is 10.1. The Labute approximate surface area is 153 Å². The zero-order valence-corrected chi connectivity index (χ0v) is 15.9. The van der Waals surface area contributed by atoms with Crippen molar-refractivity contribution in [1.82, 2.24) is 9.62 Å². The van der Waals surface area contributed by atoms with E-state index in [2.05, 4.69) is 5.32 Å². The van der Waals surface area contributed by atoms with Crippen molar-refractivity contribution in [3.63, 3.8) is 0 Å². The Morgan fingerprint density at radius 3 is 2.23 bits per heavy atom. The number of benzene rings is 2. The van der Waals surface area contributed by atoms with Crippen LogP contribution in [0.3, 0.4) is 0 Å². The standard InChI is InChI=1S/C19H23FN2O3S/c1-4-22(26(24,25)18-11-5-14(2)6-12-18)13-19(23)21-15(3)16-7-9-17(20)10-8-16/h5-12,15H,4,13H2,1-3H3,(H,21,23)/t15-/m1/s1. The Morgan fingerprint density at radius 2 is 1.69 bits per heavy atom. The summed E-state index contributed by atoms with van der Waals surface area (Å²) >= 11 is 0. The minimum Gasteiger partial charge on any atom is -0.348 e. The molecule has 1 amide bonds. The molecule has 0 radical (unpaired) electrons. The monoisotopic (exact) mass is 378 g/mol. The summed E-state index contributed by atoms with van der Waals surface area (Å²) in [5.74, 6) is -0.770. The number of rotatable bonds is 7. The minimum absolute atomic E-state index is 0.157. The summed E-state index contributed by atoms with van der Waals surface area (Å²) in [4.78, 5) is 12.5. The number of aryl methyl sites for hydroxylation is 1. The molecule has 0 unspecified atom stereocenters. The first-order chi connectivity index (χ1) is 12.2. The zero-order chi connectivity index (χ0) is 19.3. The van der Waals surface area contributed by atoms with Crippen molar-refractivity contribution in [3.05, 3.63) is 65.5 Å². The fourth-order valence-electron chi connectivity index (χ4n) is 2.51. The first-order valence-corrected chi connectivity index (χ1v) is 9.79. The van der Waals surface area contributed by atoms with Gasteiger partial charge in [0.2, 0.25) is 15.9 Å².